The first-order valence-corrected chi connectivity index (χ1v) is 5.34. The van der Waals surface area contributed by atoms with Gasteiger partial charge in [0.1, 0.15) is 0 Å². The van der Waals surface area contributed by atoms with Crippen LogP contribution in [0.4, 0.5) is 0 Å². The van der Waals surface area contributed by atoms with Crippen molar-refractivity contribution in [3.05, 3.63) is 28.5 Å². The van der Waals surface area contributed by atoms with E-state index in [4.69, 9.17) is 0 Å². The Morgan fingerprint density at radius 2 is 2.42 bits per heavy atom. The minimum absolute atomic E-state index is 0.701. The van der Waals surface area contributed by atoms with Crippen molar-refractivity contribution >= 4 is 16.9 Å². The highest BCUT2D eigenvalue weighted by molar-refractivity contribution is 7.11. The Morgan fingerprint density at radius 3 is 2.92 bits per heavy atom. The van der Waals surface area contributed by atoms with Crippen LogP contribution < -0.4 is 0 Å². The van der Waals surface area contributed by atoms with Gasteiger partial charge in [-0.15, -0.1) is 11.3 Å². The smallest absolute Gasteiger partial charge is 0.0296 e. The summed E-state index contributed by atoms with van der Waals surface area (Å²) < 4.78 is 0. The second-order valence-corrected chi connectivity index (χ2v) is 4.16. The molecule has 0 saturated carbocycles. The molecule has 0 saturated heterocycles. The van der Waals surface area contributed by atoms with Gasteiger partial charge in [-0.1, -0.05) is 32.4 Å². The molecule has 0 aromatic carbocycles. The molecule has 0 bridgehead atoms. The van der Waals surface area contributed by atoms with E-state index in [0.717, 1.165) is 0 Å². The average molecular weight is 180 g/mol. The highest BCUT2D eigenvalue weighted by Gasteiger charge is 1.98. The molecular weight excluding hydrogens is 164 g/mol. The molecule has 0 spiro atoms. The molecule has 1 heterocycles. The van der Waals surface area contributed by atoms with E-state index in [0.29, 0.717) is 5.92 Å². The maximum Gasteiger partial charge on any atom is 0.0296 e. The van der Waals surface area contributed by atoms with Crippen LogP contribution in [-0.4, -0.2) is 0 Å². The van der Waals surface area contributed by atoms with Crippen LogP contribution in [0.1, 0.15) is 32.1 Å². The van der Waals surface area contributed by atoms with E-state index in [1.807, 2.05) is 11.3 Å². The molecule has 0 fully saturated rings. The summed E-state index contributed by atoms with van der Waals surface area (Å²) in [5.74, 6) is 0.701. The van der Waals surface area contributed by atoms with Crippen LogP contribution in [0.2, 0.25) is 0 Å². The number of allylic oxidation sites excluding steroid dienone is 2. The van der Waals surface area contributed by atoms with E-state index in [2.05, 4.69) is 44.4 Å². The topological polar surface area (TPSA) is 0 Å². The fourth-order valence-electron chi connectivity index (χ4n) is 1.13. The highest BCUT2D eigenvalue weighted by atomic mass is 32.1. The molecule has 0 aliphatic carbocycles. The van der Waals surface area contributed by atoms with Gasteiger partial charge in [-0.05, 0) is 29.9 Å². The highest BCUT2D eigenvalue weighted by Crippen LogP contribution is 2.21. The maximum atomic E-state index is 2.35. The van der Waals surface area contributed by atoms with E-state index < -0.39 is 0 Å². The molecule has 1 heteroatoms. The molecule has 0 aliphatic heterocycles. The third-order valence-electron chi connectivity index (χ3n) is 2.09. The Kier molecular flexibility index (Phi) is 3.54. The van der Waals surface area contributed by atoms with Gasteiger partial charge in [-0.25, -0.2) is 0 Å². The third kappa shape index (κ3) is 2.49. The zero-order valence-electron chi connectivity index (χ0n) is 8.00. The van der Waals surface area contributed by atoms with E-state index in [1.165, 1.54) is 16.9 Å². The first-order valence-electron chi connectivity index (χ1n) is 4.46. The Labute approximate surface area is 78.9 Å². The predicted octanol–water partition coefficient (Wildman–Crippen LogP) is 4.20. The quantitative estimate of drug-likeness (QED) is 0.654. The minimum Gasteiger partial charge on any atom is -0.144 e. The lowest BCUT2D eigenvalue weighted by Crippen LogP contribution is -1.86. The van der Waals surface area contributed by atoms with Crippen LogP contribution in [0.25, 0.3) is 5.57 Å². The van der Waals surface area contributed by atoms with Gasteiger partial charge in [-0.3, -0.25) is 0 Å². The Hall–Kier alpha value is -0.560. The number of thiophene rings is 1. The lowest BCUT2D eigenvalue weighted by Gasteiger charge is -2.03. The monoisotopic (exact) mass is 180 g/mol. The normalized spacial score (nSPS) is 14.8. The van der Waals surface area contributed by atoms with Crippen molar-refractivity contribution in [3.63, 3.8) is 0 Å². The van der Waals surface area contributed by atoms with Crippen LogP contribution in [-0.2, 0) is 0 Å². The summed E-state index contributed by atoms with van der Waals surface area (Å²) >= 11 is 1.82. The second-order valence-electron chi connectivity index (χ2n) is 3.21. The SMILES string of the molecule is CCC(C)/C=C(\C)c1cccs1. The van der Waals surface area contributed by atoms with Crippen molar-refractivity contribution in [3.8, 4) is 0 Å². The molecule has 0 amide bonds. The van der Waals surface area contributed by atoms with Crippen molar-refractivity contribution in [2.75, 3.05) is 0 Å². The van der Waals surface area contributed by atoms with Gasteiger partial charge in [0.15, 0.2) is 0 Å². The molecule has 12 heavy (non-hydrogen) atoms. The van der Waals surface area contributed by atoms with Gasteiger partial charge >= 0.3 is 0 Å². The van der Waals surface area contributed by atoms with Crippen LogP contribution in [0.5, 0.6) is 0 Å². The fraction of sp³-hybridized carbons (Fsp3) is 0.455. The van der Waals surface area contributed by atoms with Gasteiger partial charge in [0, 0.05) is 4.88 Å². The average Bonchev–Trinajstić information content (AvgIpc) is 2.56. The Morgan fingerprint density at radius 1 is 1.67 bits per heavy atom. The molecule has 0 aliphatic rings. The fourth-order valence-corrected chi connectivity index (χ4v) is 1.84. The number of rotatable bonds is 3. The van der Waals surface area contributed by atoms with Gasteiger partial charge in [0.2, 0.25) is 0 Å². The predicted molar refractivity (Wildman–Crippen MR) is 57.4 cm³/mol. The summed E-state index contributed by atoms with van der Waals surface area (Å²) in [6.45, 7) is 6.68. The summed E-state index contributed by atoms with van der Waals surface area (Å²) in [5.41, 5.74) is 1.42. The molecule has 0 nitrogen and oxygen atoms in total. The Balaban J connectivity index is 2.71. The molecular formula is C11H16S. The van der Waals surface area contributed by atoms with Gasteiger partial charge in [0.05, 0.1) is 0 Å². The van der Waals surface area contributed by atoms with Crippen molar-refractivity contribution in [1.29, 1.82) is 0 Å². The molecule has 0 N–H and O–H groups in total. The lowest BCUT2D eigenvalue weighted by molar-refractivity contribution is 0.699. The number of hydrogen-bond donors (Lipinski definition) is 0. The van der Waals surface area contributed by atoms with Crippen molar-refractivity contribution in [1.82, 2.24) is 0 Å². The molecule has 1 rings (SSSR count). The van der Waals surface area contributed by atoms with Crippen LogP contribution in [0.3, 0.4) is 0 Å². The van der Waals surface area contributed by atoms with E-state index in [9.17, 15) is 0 Å². The van der Waals surface area contributed by atoms with Crippen LogP contribution >= 0.6 is 11.3 Å². The summed E-state index contributed by atoms with van der Waals surface area (Å²) in [6.07, 6.45) is 3.58. The van der Waals surface area contributed by atoms with Gasteiger partial charge in [-0.2, -0.15) is 0 Å². The zero-order chi connectivity index (χ0) is 8.97. The largest absolute Gasteiger partial charge is 0.144 e. The summed E-state index contributed by atoms with van der Waals surface area (Å²) in [6, 6.07) is 4.28. The maximum absolute atomic E-state index is 2.35. The van der Waals surface area contributed by atoms with E-state index in [-0.39, 0.29) is 0 Å². The minimum atomic E-state index is 0.701. The van der Waals surface area contributed by atoms with Crippen LogP contribution in [0.15, 0.2) is 23.6 Å². The molecule has 1 aromatic heterocycles. The number of hydrogen-bond acceptors (Lipinski definition) is 1. The standard InChI is InChI=1S/C11H16S/c1-4-9(2)8-10(3)11-6-5-7-12-11/h5-9H,4H2,1-3H3/b10-8+. The molecule has 1 aromatic rings. The molecule has 66 valence electrons. The first-order chi connectivity index (χ1) is 5.74. The van der Waals surface area contributed by atoms with Crippen LogP contribution in [0, 0.1) is 5.92 Å². The third-order valence-corrected chi connectivity index (χ3v) is 3.09. The lowest BCUT2D eigenvalue weighted by atomic mass is 10.1. The zero-order valence-corrected chi connectivity index (χ0v) is 8.82. The van der Waals surface area contributed by atoms with E-state index >= 15 is 0 Å². The molecule has 1 atom stereocenters. The van der Waals surface area contributed by atoms with Crippen molar-refractivity contribution in [2.45, 2.75) is 27.2 Å². The summed E-state index contributed by atoms with van der Waals surface area (Å²) in [4.78, 5) is 1.40. The van der Waals surface area contributed by atoms with Crippen molar-refractivity contribution in [2.24, 2.45) is 5.92 Å². The second kappa shape index (κ2) is 4.46. The first kappa shape index (κ1) is 9.53. The summed E-state index contributed by atoms with van der Waals surface area (Å²) in [7, 11) is 0. The molecule has 1 unspecified atom stereocenters. The Bertz CT molecular complexity index is 244. The van der Waals surface area contributed by atoms with Gasteiger partial charge < -0.3 is 0 Å². The van der Waals surface area contributed by atoms with Gasteiger partial charge in [0.25, 0.3) is 0 Å². The van der Waals surface area contributed by atoms with Crippen molar-refractivity contribution < 1.29 is 0 Å². The van der Waals surface area contributed by atoms with E-state index in [1.54, 1.807) is 0 Å². The summed E-state index contributed by atoms with van der Waals surface area (Å²) in [5, 5.41) is 2.13. The molecule has 0 radical (unpaired) electrons.